The highest BCUT2D eigenvalue weighted by atomic mass is 16.2. The predicted octanol–water partition coefficient (Wildman–Crippen LogP) is 3.11. The van der Waals surface area contributed by atoms with Crippen molar-refractivity contribution in [2.45, 2.75) is 6.54 Å². The number of amides is 2. The van der Waals surface area contributed by atoms with E-state index >= 15 is 0 Å². The smallest absolute Gasteiger partial charge is 0.320 e. The molecule has 0 radical (unpaired) electrons. The first kappa shape index (κ1) is 20.1. The Kier molecular flexibility index (Phi) is 5.26. The van der Waals surface area contributed by atoms with Crippen molar-refractivity contribution < 1.29 is 4.79 Å². The Morgan fingerprint density at radius 3 is 2.44 bits per heavy atom. The summed E-state index contributed by atoms with van der Waals surface area (Å²) < 4.78 is 3.72. The number of piperazine rings is 1. The lowest BCUT2D eigenvalue weighted by Crippen LogP contribution is -2.52. The van der Waals surface area contributed by atoms with Crippen LogP contribution in [-0.2, 0) is 13.6 Å². The maximum absolute atomic E-state index is 12.9. The highest BCUT2D eigenvalue weighted by Crippen LogP contribution is 2.26. The standard InChI is InChI=1S/C24H27N7O/c1-27(16-19-6-4-3-5-7-19)24(32)30-12-10-29(11-13-30)23-15-26-31-18-20(8-9-22(23)31)21-14-25-28(2)17-21/h3-9,14-15,17-18H,10-13,16H2,1-2H3. The number of carbonyl (C=O) groups excluding carboxylic acids is 1. The third-order valence-electron chi connectivity index (χ3n) is 6.01. The fraction of sp³-hybridized carbons (Fsp3) is 0.292. The zero-order valence-electron chi connectivity index (χ0n) is 18.4. The average Bonchev–Trinajstić information content (AvgIpc) is 3.45. The largest absolute Gasteiger partial charge is 0.365 e. The molecule has 2 amide bonds. The number of aromatic nitrogens is 4. The van der Waals surface area contributed by atoms with Crippen molar-refractivity contribution in [3.63, 3.8) is 0 Å². The number of aryl methyl sites for hydroxylation is 1. The van der Waals surface area contributed by atoms with Crippen LogP contribution in [0.4, 0.5) is 10.5 Å². The first-order valence-electron chi connectivity index (χ1n) is 10.8. The number of hydrogen-bond donors (Lipinski definition) is 0. The van der Waals surface area contributed by atoms with Gasteiger partial charge < -0.3 is 14.7 Å². The van der Waals surface area contributed by atoms with Gasteiger partial charge in [-0.05, 0) is 11.6 Å². The Morgan fingerprint density at radius 2 is 1.72 bits per heavy atom. The summed E-state index contributed by atoms with van der Waals surface area (Å²) in [6, 6.07) is 14.4. The Balaban J connectivity index is 1.24. The Labute approximate surface area is 187 Å². The van der Waals surface area contributed by atoms with E-state index in [0.29, 0.717) is 19.6 Å². The summed E-state index contributed by atoms with van der Waals surface area (Å²) in [6.07, 6.45) is 7.81. The van der Waals surface area contributed by atoms with Gasteiger partial charge in [-0.15, -0.1) is 0 Å². The summed E-state index contributed by atoms with van der Waals surface area (Å²) in [5, 5.41) is 8.83. The van der Waals surface area contributed by atoms with Crippen LogP contribution in [0.15, 0.2) is 67.3 Å². The lowest BCUT2D eigenvalue weighted by Gasteiger charge is -2.37. The Morgan fingerprint density at radius 1 is 0.938 bits per heavy atom. The number of fused-ring (bicyclic) bond motifs is 1. The van der Waals surface area contributed by atoms with Crippen LogP contribution in [0.1, 0.15) is 5.56 Å². The van der Waals surface area contributed by atoms with Crippen LogP contribution in [0.25, 0.3) is 16.6 Å². The second-order valence-corrected chi connectivity index (χ2v) is 8.28. The summed E-state index contributed by atoms with van der Waals surface area (Å²) in [5.74, 6) is 0. The SMILES string of the molecule is CN(Cc1ccccc1)C(=O)N1CCN(c2cnn3cc(-c4cnn(C)c4)ccc23)CC1. The normalized spacial score (nSPS) is 14.2. The molecule has 3 aromatic heterocycles. The van der Waals surface area contributed by atoms with E-state index in [1.54, 1.807) is 9.58 Å². The highest BCUT2D eigenvalue weighted by molar-refractivity contribution is 5.77. The molecular weight excluding hydrogens is 402 g/mol. The summed E-state index contributed by atoms with van der Waals surface area (Å²) in [7, 11) is 3.78. The van der Waals surface area contributed by atoms with Gasteiger partial charge in [0.15, 0.2) is 0 Å². The van der Waals surface area contributed by atoms with Gasteiger partial charge in [-0.25, -0.2) is 9.31 Å². The minimum atomic E-state index is 0.0782. The van der Waals surface area contributed by atoms with Crippen molar-refractivity contribution in [3.05, 3.63) is 72.8 Å². The number of nitrogens with zero attached hydrogens (tertiary/aromatic N) is 7. The van der Waals surface area contributed by atoms with Gasteiger partial charge in [-0.2, -0.15) is 10.2 Å². The number of urea groups is 1. The van der Waals surface area contributed by atoms with Crippen molar-refractivity contribution in [1.29, 1.82) is 0 Å². The van der Waals surface area contributed by atoms with E-state index in [-0.39, 0.29) is 6.03 Å². The zero-order valence-corrected chi connectivity index (χ0v) is 18.4. The summed E-state index contributed by atoms with van der Waals surface area (Å²) in [6.45, 7) is 3.59. The van der Waals surface area contributed by atoms with Gasteiger partial charge in [-0.3, -0.25) is 4.68 Å². The molecular formula is C24H27N7O. The number of hydrogen-bond acceptors (Lipinski definition) is 4. The average molecular weight is 430 g/mol. The van der Waals surface area contributed by atoms with E-state index in [1.165, 1.54) is 0 Å². The lowest BCUT2D eigenvalue weighted by molar-refractivity contribution is 0.157. The van der Waals surface area contributed by atoms with Gasteiger partial charge in [-0.1, -0.05) is 36.4 Å². The minimum Gasteiger partial charge on any atom is -0.365 e. The molecule has 0 bridgehead atoms. The van der Waals surface area contributed by atoms with Gasteiger partial charge >= 0.3 is 6.03 Å². The second kappa shape index (κ2) is 8.37. The second-order valence-electron chi connectivity index (χ2n) is 8.28. The van der Waals surface area contributed by atoms with Crippen molar-refractivity contribution >= 4 is 17.2 Å². The van der Waals surface area contributed by atoms with Crippen LogP contribution in [0, 0.1) is 0 Å². The molecule has 1 saturated heterocycles. The third-order valence-corrected chi connectivity index (χ3v) is 6.01. The zero-order chi connectivity index (χ0) is 22.1. The van der Waals surface area contributed by atoms with Gasteiger partial charge in [0.2, 0.25) is 0 Å². The van der Waals surface area contributed by atoms with Crippen LogP contribution in [0.5, 0.6) is 0 Å². The minimum absolute atomic E-state index is 0.0782. The molecule has 1 aliphatic rings. The number of pyridine rings is 1. The highest BCUT2D eigenvalue weighted by Gasteiger charge is 2.25. The van der Waals surface area contributed by atoms with Crippen LogP contribution in [-0.4, -0.2) is 68.5 Å². The number of anilines is 1. The van der Waals surface area contributed by atoms with Crippen LogP contribution in [0.3, 0.4) is 0 Å². The molecule has 1 fully saturated rings. The Hall–Kier alpha value is -3.81. The fourth-order valence-electron chi connectivity index (χ4n) is 4.26. The number of rotatable bonds is 4. The van der Waals surface area contributed by atoms with E-state index < -0.39 is 0 Å². The molecule has 4 aromatic rings. The summed E-state index contributed by atoms with van der Waals surface area (Å²) >= 11 is 0. The third kappa shape index (κ3) is 3.91. The quantitative estimate of drug-likeness (QED) is 0.500. The van der Waals surface area contributed by atoms with Crippen LogP contribution >= 0.6 is 0 Å². The molecule has 1 aromatic carbocycles. The predicted molar refractivity (Wildman–Crippen MR) is 124 cm³/mol. The molecule has 0 aliphatic carbocycles. The van der Waals surface area contributed by atoms with Gasteiger partial charge in [0.25, 0.3) is 0 Å². The maximum atomic E-state index is 12.9. The van der Waals surface area contributed by atoms with Crippen LogP contribution < -0.4 is 4.90 Å². The summed E-state index contributed by atoms with van der Waals surface area (Å²) in [4.78, 5) is 18.9. The molecule has 0 saturated carbocycles. The van der Waals surface area contributed by atoms with Crippen molar-refractivity contribution in [3.8, 4) is 11.1 Å². The van der Waals surface area contributed by atoms with Gasteiger partial charge in [0.05, 0.1) is 23.6 Å². The molecule has 5 rings (SSSR count). The van der Waals surface area contributed by atoms with Crippen LogP contribution in [0.2, 0.25) is 0 Å². The first-order valence-corrected chi connectivity index (χ1v) is 10.8. The molecule has 164 valence electrons. The maximum Gasteiger partial charge on any atom is 0.320 e. The lowest BCUT2D eigenvalue weighted by atomic mass is 10.1. The molecule has 32 heavy (non-hydrogen) atoms. The monoisotopic (exact) mass is 429 g/mol. The molecule has 1 aliphatic heterocycles. The molecule has 0 spiro atoms. The van der Waals surface area contributed by atoms with E-state index in [4.69, 9.17) is 0 Å². The van der Waals surface area contributed by atoms with E-state index in [0.717, 1.165) is 41.0 Å². The topological polar surface area (TPSA) is 61.9 Å². The van der Waals surface area contributed by atoms with E-state index in [1.807, 2.05) is 78.6 Å². The first-order chi connectivity index (χ1) is 15.6. The van der Waals surface area contributed by atoms with Crippen molar-refractivity contribution in [2.24, 2.45) is 7.05 Å². The van der Waals surface area contributed by atoms with E-state index in [9.17, 15) is 4.79 Å². The Bertz CT molecular complexity index is 1220. The molecule has 0 N–H and O–H groups in total. The van der Waals surface area contributed by atoms with Gasteiger partial charge in [0, 0.05) is 70.3 Å². The number of carbonyl (C=O) groups is 1. The molecule has 0 atom stereocenters. The summed E-state index contributed by atoms with van der Waals surface area (Å²) in [5.41, 5.74) is 5.46. The van der Waals surface area contributed by atoms with Crippen molar-refractivity contribution in [1.82, 2.24) is 29.2 Å². The fourth-order valence-corrected chi connectivity index (χ4v) is 4.26. The molecule has 4 heterocycles. The molecule has 8 nitrogen and oxygen atoms in total. The number of benzene rings is 1. The van der Waals surface area contributed by atoms with Gasteiger partial charge in [0.1, 0.15) is 0 Å². The van der Waals surface area contributed by atoms with Crippen molar-refractivity contribution in [2.75, 3.05) is 38.1 Å². The molecule has 8 heteroatoms. The van der Waals surface area contributed by atoms with E-state index in [2.05, 4.69) is 27.2 Å². The molecule has 0 unspecified atom stereocenters.